The van der Waals surface area contributed by atoms with Crippen LogP contribution in [0.15, 0.2) is 48.9 Å². The van der Waals surface area contributed by atoms with Gasteiger partial charge < -0.3 is 9.97 Å². The van der Waals surface area contributed by atoms with Crippen molar-refractivity contribution in [2.45, 2.75) is 25.8 Å². The Bertz CT molecular complexity index is 1390. The van der Waals surface area contributed by atoms with Gasteiger partial charge in [-0.1, -0.05) is 12.1 Å². The lowest BCUT2D eigenvalue weighted by atomic mass is 9.87. The number of hydrogen-bond acceptors (Lipinski definition) is 4. The molecule has 0 spiro atoms. The third-order valence-corrected chi connectivity index (χ3v) is 6.46. The predicted octanol–water partition coefficient (Wildman–Crippen LogP) is 3.60. The van der Waals surface area contributed by atoms with Gasteiger partial charge >= 0.3 is 0 Å². The molecule has 2 N–H and O–H groups in total. The minimum atomic E-state index is -0.988. The minimum Gasteiger partial charge on any atom is -0.361 e. The van der Waals surface area contributed by atoms with Crippen LogP contribution in [0.4, 0.5) is 5.69 Å². The molecule has 1 saturated carbocycles. The molecule has 3 heterocycles. The van der Waals surface area contributed by atoms with Crippen LogP contribution in [0.3, 0.4) is 0 Å². The lowest BCUT2D eigenvalue weighted by Gasteiger charge is -2.27. The topological polar surface area (TPSA) is 98.9 Å². The number of imidazole rings is 1. The van der Waals surface area contributed by atoms with Crippen LogP contribution >= 0.6 is 0 Å². The van der Waals surface area contributed by atoms with Gasteiger partial charge in [-0.15, -0.1) is 0 Å². The Hall–Kier alpha value is -3.74. The summed E-state index contributed by atoms with van der Waals surface area (Å²) < 4.78 is 0. The van der Waals surface area contributed by atoms with Crippen LogP contribution in [-0.4, -0.2) is 32.4 Å². The zero-order valence-electron chi connectivity index (χ0n) is 16.9. The van der Waals surface area contributed by atoms with Gasteiger partial charge in [0.2, 0.25) is 5.78 Å². The summed E-state index contributed by atoms with van der Waals surface area (Å²) in [5, 5.41) is 0.916. The standard InChI is InChI=1S/C24H20N4O3/c1-12-2-6-15-16(10-25-18(15)8-12)21-20(22(29)13-3-4-13)23(30)24(31)28(21)14-5-7-17-19(9-14)27-11-26-17/h2,5-11,13,20-21,25H,3-4H2,1H3,(H,26,27). The molecule has 2 aromatic heterocycles. The first kappa shape index (κ1) is 18.1. The molecule has 6 rings (SSSR count). The SMILES string of the molecule is Cc1ccc2c(C3C(C(=O)C4CC4)C(=O)C(=O)N3c3ccc4nc[nH]c4c3)c[nH]c2c1. The normalized spacial score (nSPS) is 21.5. The Morgan fingerprint density at radius 2 is 1.90 bits per heavy atom. The van der Waals surface area contributed by atoms with E-state index in [9.17, 15) is 14.4 Å². The number of carbonyl (C=O) groups is 3. The number of aromatic amines is 2. The van der Waals surface area contributed by atoms with Crippen LogP contribution < -0.4 is 4.90 Å². The van der Waals surface area contributed by atoms with E-state index in [1.54, 1.807) is 12.4 Å². The molecule has 154 valence electrons. The molecule has 7 heteroatoms. The fraction of sp³-hybridized carbons (Fsp3) is 0.250. The Morgan fingerprint density at radius 1 is 1.06 bits per heavy atom. The first-order valence-electron chi connectivity index (χ1n) is 10.4. The maximum absolute atomic E-state index is 13.2. The van der Waals surface area contributed by atoms with Gasteiger partial charge in [-0.3, -0.25) is 19.3 Å². The number of anilines is 1. The van der Waals surface area contributed by atoms with Crippen LogP contribution in [-0.2, 0) is 14.4 Å². The molecule has 1 aliphatic carbocycles. The fourth-order valence-electron chi connectivity index (χ4n) is 4.75. The molecule has 2 unspecified atom stereocenters. The van der Waals surface area contributed by atoms with Crippen LogP contribution in [0.25, 0.3) is 21.9 Å². The van der Waals surface area contributed by atoms with Gasteiger partial charge in [0.1, 0.15) is 11.7 Å². The van der Waals surface area contributed by atoms with Crippen LogP contribution in [0.2, 0.25) is 0 Å². The molecule has 31 heavy (non-hydrogen) atoms. The smallest absolute Gasteiger partial charge is 0.295 e. The van der Waals surface area contributed by atoms with E-state index in [1.165, 1.54) is 4.90 Å². The molecule has 2 fully saturated rings. The van der Waals surface area contributed by atoms with Gasteiger partial charge in [0.05, 0.1) is 23.4 Å². The van der Waals surface area contributed by atoms with Crippen molar-refractivity contribution >= 4 is 45.1 Å². The van der Waals surface area contributed by atoms with Gasteiger partial charge in [0.25, 0.3) is 5.91 Å². The molecule has 0 bridgehead atoms. The summed E-state index contributed by atoms with van der Waals surface area (Å²) in [6.45, 7) is 2.01. The van der Waals surface area contributed by atoms with E-state index in [4.69, 9.17) is 0 Å². The summed E-state index contributed by atoms with van der Waals surface area (Å²) in [5.41, 5.74) is 4.93. The molecule has 1 amide bonds. The summed E-state index contributed by atoms with van der Waals surface area (Å²) in [4.78, 5) is 51.6. The molecular formula is C24H20N4O3. The van der Waals surface area contributed by atoms with Crippen molar-refractivity contribution in [3.63, 3.8) is 0 Å². The first-order chi connectivity index (χ1) is 15.0. The fourth-order valence-corrected chi connectivity index (χ4v) is 4.75. The van der Waals surface area contributed by atoms with Crippen LogP contribution in [0.5, 0.6) is 0 Å². The number of aromatic nitrogens is 3. The first-order valence-corrected chi connectivity index (χ1v) is 10.4. The van der Waals surface area contributed by atoms with Crippen LogP contribution in [0, 0.1) is 18.8 Å². The molecule has 7 nitrogen and oxygen atoms in total. The van der Waals surface area contributed by atoms with Gasteiger partial charge in [0, 0.05) is 34.3 Å². The van der Waals surface area contributed by atoms with Gasteiger partial charge in [-0.25, -0.2) is 4.98 Å². The summed E-state index contributed by atoms with van der Waals surface area (Å²) in [6.07, 6.45) is 4.99. The molecule has 2 atom stereocenters. The molecule has 2 aromatic carbocycles. The van der Waals surface area contributed by atoms with E-state index in [2.05, 4.69) is 15.0 Å². The maximum Gasteiger partial charge on any atom is 0.295 e. The number of H-pyrrole nitrogens is 2. The highest BCUT2D eigenvalue weighted by Crippen LogP contribution is 2.46. The Balaban J connectivity index is 1.56. The number of hydrogen-bond donors (Lipinski definition) is 2. The molecule has 0 radical (unpaired) electrons. The Morgan fingerprint density at radius 3 is 2.71 bits per heavy atom. The lowest BCUT2D eigenvalue weighted by Crippen LogP contribution is -2.30. The highest BCUT2D eigenvalue weighted by atomic mass is 16.2. The Labute approximate surface area is 177 Å². The number of benzene rings is 2. The number of nitrogens with one attached hydrogen (secondary N) is 2. The average Bonchev–Trinajstić information content (AvgIpc) is 3.28. The van der Waals surface area contributed by atoms with Crippen molar-refractivity contribution in [1.29, 1.82) is 0 Å². The van der Waals surface area contributed by atoms with Crippen LogP contribution in [0.1, 0.15) is 30.0 Å². The second kappa shape index (κ2) is 6.38. The van der Waals surface area contributed by atoms with Crippen molar-refractivity contribution in [3.8, 4) is 0 Å². The van der Waals surface area contributed by atoms with Gasteiger partial charge in [-0.2, -0.15) is 0 Å². The number of carbonyl (C=O) groups excluding carboxylic acids is 3. The maximum atomic E-state index is 13.2. The predicted molar refractivity (Wildman–Crippen MR) is 116 cm³/mol. The number of amides is 1. The zero-order chi connectivity index (χ0) is 21.3. The van der Waals surface area contributed by atoms with Crippen molar-refractivity contribution in [1.82, 2.24) is 15.0 Å². The van der Waals surface area contributed by atoms with E-state index in [0.717, 1.165) is 45.9 Å². The number of aryl methyl sites for hydroxylation is 1. The Kier molecular flexibility index (Phi) is 3.72. The number of Topliss-reactive ketones (excluding diaryl/α,β-unsaturated/α-hetero) is 2. The monoisotopic (exact) mass is 412 g/mol. The van der Waals surface area contributed by atoms with Crippen molar-refractivity contribution in [3.05, 3.63) is 60.0 Å². The molecule has 1 aliphatic heterocycles. The van der Waals surface area contributed by atoms with Gasteiger partial charge in [-0.05, 0) is 49.6 Å². The minimum absolute atomic E-state index is 0.116. The molecular weight excluding hydrogens is 392 g/mol. The average molecular weight is 412 g/mol. The second-order valence-electron chi connectivity index (χ2n) is 8.54. The van der Waals surface area contributed by atoms with Crippen molar-refractivity contribution in [2.75, 3.05) is 4.90 Å². The van der Waals surface area contributed by atoms with Gasteiger partial charge in [0.15, 0.2) is 0 Å². The summed E-state index contributed by atoms with van der Waals surface area (Å²) in [6, 6.07) is 10.7. The number of rotatable bonds is 4. The summed E-state index contributed by atoms with van der Waals surface area (Å²) >= 11 is 0. The second-order valence-corrected chi connectivity index (χ2v) is 8.54. The largest absolute Gasteiger partial charge is 0.361 e. The van der Waals surface area contributed by atoms with E-state index in [1.807, 2.05) is 43.5 Å². The summed E-state index contributed by atoms with van der Waals surface area (Å²) in [5.74, 6) is -2.48. The highest BCUT2D eigenvalue weighted by Gasteiger charge is 2.55. The molecule has 2 aliphatic rings. The van der Waals surface area contributed by atoms with Crippen molar-refractivity contribution < 1.29 is 14.4 Å². The third-order valence-electron chi connectivity index (χ3n) is 6.46. The molecule has 1 saturated heterocycles. The highest BCUT2D eigenvalue weighted by molar-refractivity contribution is 6.48. The number of ketones is 2. The van der Waals surface area contributed by atoms with E-state index >= 15 is 0 Å². The number of nitrogens with zero attached hydrogens (tertiary/aromatic N) is 2. The lowest BCUT2D eigenvalue weighted by molar-refractivity contribution is -0.139. The zero-order valence-corrected chi connectivity index (χ0v) is 16.9. The van der Waals surface area contributed by atoms with E-state index < -0.39 is 23.7 Å². The van der Waals surface area contributed by atoms with Crippen molar-refractivity contribution in [2.24, 2.45) is 11.8 Å². The van der Waals surface area contributed by atoms with E-state index in [-0.39, 0.29) is 11.7 Å². The quantitative estimate of drug-likeness (QED) is 0.395. The third kappa shape index (κ3) is 2.66. The molecule has 4 aromatic rings. The van der Waals surface area contributed by atoms with E-state index in [0.29, 0.717) is 5.69 Å². The number of fused-ring (bicyclic) bond motifs is 2. The summed E-state index contributed by atoms with van der Waals surface area (Å²) in [7, 11) is 0.